The average molecular weight is 508 g/mol. The van der Waals surface area contributed by atoms with E-state index >= 15 is 0 Å². The Labute approximate surface area is 207 Å². The number of allylic oxidation sites excluding steroid dienone is 2. The molecule has 0 aliphatic carbocycles. The fourth-order valence-electron chi connectivity index (χ4n) is 4.10. The summed E-state index contributed by atoms with van der Waals surface area (Å²) in [6.45, 7) is 0. The normalized spacial score (nSPS) is 16.9. The lowest BCUT2D eigenvalue weighted by Gasteiger charge is -2.27. The number of nitrogens with zero attached hydrogens (tertiary/aromatic N) is 4. The average Bonchev–Trinajstić information content (AvgIpc) is 3.57. The second-order valence-electron chi connectivity index (χ2n) is 8.26. The molecule has 7 nitrogen and oxygen atoms in total. The minimum Gasteiger partial charge on any atom is -0.366 e. The van der Waals surface area contributed by atoms with Gasteiger partial charge in [-0.05, 0) is 48.9 Å². The molecule has 0 saturated carbocycles. The molecule has 2 aromatic heterocycles. The van der Waals surface area contributed by atoms with Gasteiger partial charge >= 0.3 is 0 Å². The van der Waals surface area contributed by atoms with Crippen LogP contribution in [0.1, 0.15) is 23.3 Å². The molecule has 5 rings (SSSR count). The van der Waals surface area contributed by atoms with Crippen molar-refractivity contribution in [1.82, 2.24) is 20.0 Å². The van der Waals surface area contributed by atoms with Crippen LogP contribution in [0.2, 0.25) is 0 Å². The first-order chi connectivity index (χ1) is 16.9. The van der Waals surface area contributed by atoms with Crippen molar-refractivity contribution in [1.29, 1.82) is 5.26 Å². The van der Waals surface area contributed by atoms with E-state index in [4.69, 9.17) is 5.26 Å². The molecule has 0 saturated heterocycles. The van der Waals surface area contributed by atoms with E-state index in [1.165, 1.54) is 23.5 Å². The van der Waals surface area contributed by atoms with Gasteiger partial charge in [-0.15, -0.1) is 11.3 Å². The highest BCUT2D eigenvalue weighted by Gasteiger charge is 2.29. The molecule has 0 amide bonds. The van der Waals surface area contributed by atoms with E-state index < -0.39 is 9.84 Å². The Balaban J connectivity index is 1.44. The van der Waals surface area contributed by atoms with Gasteiger partial charge in [-0.25, -0.2) is 12.8 Å². The SMILES string of the molecule is Cn1cc(C2=CN3C(c4ccc(S(=O)(=O)CCCC#N)s4)=CNC3C=C2)c(-c2ccc(F)cc2)n1. The van der Waals surface area contributed by atoms with Gasteiger partial charge in [0.25, 0.3) is 0 Å². The van der Waals surface area contributed by atoms with Crippen LogP contribution >= 0.6 is 11.3 Å². The first-order valence-electron chi connectivity index (χ1n) is 11.0. The number of fused-ring (bicyclic) bond motifs is 1. The van der Waals surface area contributed by atoms with Crippen LogP contribution in [0, 0.1) is 17.1 Å². The van der Waals surface area contributed by atoms with E-state index in [1.807, 2.05) is 49.9 Å². The molecule has 2 aliphatic rings. The Morgan fingerprint density at radius 3 is 2.80 bits per heavy atom. The van der Waals surface area contributed by atoms with Crippen molar-refractivity contribution in [3.05, 3.63) is 83.4 Å². The highest BCUT2D eigenvalue weighted by Crippen LogP contribution is 2.38. The smallest absolute Gasteiger partial charge is 0.187 e. The number of hydrogen-bond donors (Lipinski definition) is 1. The maximum absolute atomic E-state index is 13.4. The van der Waals surface area contributed by atoms with Crippen molar-refractivity contribution in [2.24, 2.45) is 7.05 Å². The van der Waals surface area contributed by atoms with Crippen LogP contribution in [0.15, 0.2) is 71.4 Å². The summed E-state index contributed by atoms with van der Waals surface area (Å²) >= 11 is 1.23. The van der Waals surface area contributed by atoms with Crippen molar-refractivity contribution in [2.45, 2.75) is 23.2 Å². The third-order valence-corrected chi connectivity index (χ3v) is 9.29. The second kappa shape index (κ2) is 9.17. The molecular formula is C25H22FN5O2S2. The molecule has 0 bridgehead atoms. The predicted octanol–water partition coefficient (Wildman–Crippen LogP) is 4.51. The lowest BCUT2D eigenvalue weighted by Crippen LogP contribution is -2.32. The summed E-state index contributed by atoms with van der Waals surface area (Å²) < 4.78 is 40.8. The van der Waals surface area contributed by atoms with Crippen LogP contribution in [0.25, 0.3) is 22.5 Å². The van der Waals surface area contributed by atoms with Crippen molar-refractivity contribution < 1.29 is 12.8 Å². The third kappa shape index (κ3) is 4.52. The number of benzene rings is 1. The number of thiophene rings is 1. The molecule has 1 N–H and O–H groups in total. The van der Waals surface area contributed by atoms with Crippen LogP contribution in [-0.4, -0.2) is 35.0 Å². The first kappa shape index (κ1) is 23.1. The molecular weight excluding hydrogens is 485 g/mol. The molecule has 178 valence electrons. The molecule has 0 fully saturated rings. The van der Waals surface area contributed by atoms with Gasteiger partial charge in [0, 0.05) is 48.8 Å². The molecule has 2 aliphatic heterocycles. The van der Waals surface area contributed by atoms with Crippen LogP contribution < -0.4 is 5.32 Å². The summed E-state index contributed by atoms with van der Waals surface area (Å²) in [5, 5.41) is 16.6. The maximum atomic E-state index is 13.4. The van der Waals surface area contributed by atoms with E-state index in [0.717, 1.165) is 33.0 Å². The monoisotopic (exact) mass is 507 g/mol. The minimum atomic E-state index is -3.43. The van der Waals surface area contributed by atoms with E-state index in [1.54, 1.807) is 22.9 Å². The first-order valence-corrected chi connectivity index (χ1v) is 13.5. The topological polar surface area (TPSA) is 91.0 Å². The van der Waals surface area contributed by atoms with Crippen molar-refractivity contribution in [3.63, 3.8) is 0 Å². The largest absolute Gasteiger partial charge is 0.366 e. The lowest BCUT2D eigenvalue weighted by atomic mass is 10.00. The summed E-state index contributed by atoms with van der Waals surface area (Å²) in [5.74, 6) is -0.337. The van der Waals surface area contributed by atoms with Gasteiger partial charge in [0.15, 0.2) is 9.84 Å². The van der Waals surface area contributed by atoms with Gasteiger partial charge in [-0.2, -0.15) is 10.4 Å². The number of nitrogens with one attached hydrogen (secondary N) is 1. The summed E-state index contributed by atoms with van der Waals surface area (Å²) in [5.41, 5.74) is 4.28. The number of aryl methyl sites for hydroxylation is 1. The zero-order chi connectivity index (χ0) is 24.6. The predicted molar refractivity (Wildman–Crippen MR) is 134 cm³/mol. The number of nitriles is 1. The Morgan fingerprint density at radius 2 is 2.03 bits per heavy atom. The van der Waals surface area contributed by atoms with E-state index in [0.29, 0.717) is 10.6 Å². The molecule has 10 heteroatoms. The van der Waals surface area contributed by atoms with Crippen molar-refractivity contribution in [2.75, 3.05) is 5.75 Å². The van der Waals surface area contributed by atoms with Gasteiger partial charge in [0.1, 0.15) is 21.9 Å². The number of rotatable bonds is 7. The minimum absolute atomic E-state index is 0.0376. The zero-order valence-electron chi connectivity index (χ0n) is 18.8. The highest BCUT2D eigenvalue weighted by molar-refractivity contribution is 7.93. The quantitative estimate of drug-likeness (QED) is 0.474. The fraction of sp³-hybridized carbons (Fsp3) is 0.200. The Morgan fingerprint density at radius 1 is 1.23 bits per heavy atom. The number of halogens is 1. The third-order valence-electron chi connectivity index (χ3n) is 5.80. The molecule has 35 heavy (non-hydrogen) atoms. The molecule has 4 heterocycles. The molecule has 1 atom stereocenters. The Bertz CT molecular complexity index is 1510. The lowest BCUT2D eigenvalue weighted by molar-refractivity contribution is 0.444. The molecule has 0 spiro atoms. The molecule has 1 unspecified atom stereocenters. The Kier molecular flexibility index (Phi) is 6.05. The number of sulfone groups is 1. The zero-order valence-corrected chi connectivity index (χ0v) is 20.5. The van der Waals surface area contributed by atoms with E-state index in [-0.39, 0.29) is 24.2 Å². The molecule has 1 aromatic carbocycles. The van der Waals surface area contributed by atoms with Gasteiger partial charge < -0.3 is 10.2 Å². The molecule has 3 aromatic rings. The summed E-state index contributed by atoms with van der Waals surface area (Å²) in [6.07, 6.45) is 10.3. The van der Waals surface area contributed by atoms with Crippen LogP contribution in [0.5, 0.6) is 0 Å². The van der Waals surface area contributed by atoms with Gasteiger partial charge in [0.2, 0.25) is 0 Å². The van der Waals surface area contributed by atoms with Crippen molar-refractivity contribution >= 4 is 32.4 Å². The fourth-order valence-corrected chi connectivity index (χ4v) is 6.89. The van der Waals surface area contributed by atoms with Gasteiger partial charge in [-0.3, -0.25) is 4.68 Å². The maximum Gasteiger partial charge on any atom is 0.187 e. The van der Waals surface area contributed by atoms with Crippen LogP contribution in [0.4, 0.5) is 4.39 Å². The highest BCUT2D eigenvalue weighted by atomic mass is 32.2. The van der Waals surface area contributed by atoms with E-state index in [2.05, 4.69) is 15.3 Å². The van der Waals surface area contributed by atoms with Crippen molar-refractivity contribution in [3.8, 4) is 17.3 Å². The van der Waals surface area contributed by atoms with Crippen LogP contribution in [0.3, 0.4) is 0 Å². The van der Waals surface area contributed by atoms with E-state index in [9.17, 15) is 12.8 Å². The molecule has 0 radical (unpaired) electrons. The van der Waals surface area contributed by atoms with Gasteiger partial charge in [0.05, 0.1) is 22.4 Å². The summed E-state index contributed by atoms with van der Waals surface area (Å²) in [4.78, 5) is 2.89. The summed E-state index contributed by atoms with van der Waals surface area (Å²) in [7, 11) is -1.58. The second-order valence-corrected chi connectivity index (χ2v) is 11.7. The van der Waals surface area contributed by atoms with Gasteiger partial charge in [-0.1, -0.05) is 6.08 Å². The summed E-state index contributed by atoms with van der Waals surface area (Å²) in [6, 6.07) is 11.7. The van der Waals surface area contributed by atoms with Crippen LogP contribution in [-0.2, 0) is 16.9 Å². The number of hydrogen-bond acceptors (Lipinski definition) is 7. The Hall–Kier alpha value is -3.68. The number of unbranched alkanes of at least 4 members (excludes halogenated alkanes) is 1. The standard InChI is InChI=1S/C25H22FN5O2S2/c1-30-16-20(25(29-30)17-4-7-19(26)8-5-17)18-6-10-23-28-14-21(31(23)15-18)22-9-11-24(34-22)35(32,33)13-3-2-12-27/h4-11,14-16,23,28H,2-3,13H2,1H3. The number of aromatic nitrogens is 2.